The number of hydrogen-bond donors (Lipinski definition) is 1. The summed E-state index contributed by atoms with van der Waals surface area (Å²) < 4.78 is 10.3. The van der Waals surface area contributed by atoms with E-state index in [1.807, 2.05) is 0 Å². The van der Waals surface area contributed by atoms with Gasteiger partial charge in [0.25, 0.3) is 11.6 Å². The average molecular weight is 266 g/mol. The third kappa shape index (κ3) is 3.00. The van der Waals surface area contributed by atoms with Crippen molar-refractivity contribution in [1.82, 2.24) is 0 Å². The summed E-state index contributed by atoms with van der Waals surface area (Å²) in [6.45, 7) is 0.560. The number of amides is 1. The molecule has 1 aliphatic rings. The van der Waals surface area contributed by atoms with Crippen LogP contribution in [0.3, 0.4) is 0 Å². The Morgan fingerprint density at radius 3 is 2.95 bits per heavy atom. The quantitative estimate of drug-likeness (QED) is 0.661. The Bertz CT molecular complexity index is 497. The van der Waals surface area contributed by atoms with Crippen LogP contribution >= 0.6 is 0 Å². The fourth-order valence-electron chi connectivity index (χ4n) is 1.90. The van der Waals surface area contributed by atoms with Gasteiger partial charge in [0.2, 0.25) is 0 Å². The molecule has 2 rings (SSSR count). The molecule has 0 saturated carbocycles. The van der Waals surface area contributed by atoms with Gasteiger partial charge in [-0.1, -0.05) is 0 Å². The molecule has 1 aliphatic heterocycles. The van der Waals surface area contributed by atoms with Gasteiger partial charge >= 0.3 is 0 Å². The molecule has 19 heavy (non-hydrogen) atoms. The monoisotopic (exact) mass is 266 g/mol. The summed E-state index contributed by atoms with van der Waals surface area (Å²) in [4.78, 5) is 22.1. The van der Waals surface area contributed by atoms with E-state index in [1.165, 1.54) is 25.3 Å². The average Bonchev–Trinajstić information content (AvgIpc) is 2.92. The molecule has 0 aromatic heterocycles. The number of non-ortho nitro benzene ring substituents is 1. The second kappa shape index (κ2) is 5.66. The lowest BCUT2D eigenvalue weighted by atomic mass is 10.2. The normalized spacial score (nSPS) is 18.1. The van der Waals surface area contributed by atoms with Gasteiger partial charge in [0.1, 0.15) is 11.9 Å². The number of nitro groups is 1. The van der Waals surface area contributed by atoms with E-state index in [9.17, 15) is 14.9 Å². The first-order valence-electron chi connectivity index (χ1n) is 5.86. The molecule has 1 aromatic carbocycles. The highest BCUT2D eigenvalue weighted by Gasteiger charge is 2.25. The molecule has 7 heteroatoms. The van der Waals surface area contributed by atoms with Gasteiger partial charge in [-0.2, -0.15) is 0 Å². The SMILES string of the molecule is COc1ccc([N+](=O)[O-])cc1NC(=O)[C@@H]1CCCO1. The number of rotatable bonds is 4. The molecule has 1 fully saturated rings. The third-order valence-corrected chi connectivity index (χ3v) is 2.87. The highest BCUT2D eigenvalue weighted by atomic mass is 16.6. The number of hydrogen-bond acceptors (Lipinski definition) is 5. The molecule has 1 aromatic rings. The minimum absolute atomic E-state index is 0.108. The molecule has 1 saturated heterocycles. The van der Waals surface area contributed by atoms with Gasteiger partial charge < -0.3 is 14.8 Å². The van der Waals surface area contributed by atoms with E-state index < -0.39 is 11.0 Å². The standard InChI is InChI=1S/C12H14N2O5/c1-18-10-5-4-8(14(16)17)7-9(10)13-12(15)11-3-2-6-19-11/h4-5,7,11H,2-3,6H2,1H3,(H,13,15)/t11-/m0/s1. The van der Waals surface area contributed by atoms with Crippen LogP contribution in [0.25, 0.3) is 0 Å². The van der Waals surface area contributed by atoms with Crippen LogP contribution in [0.1, 0.15) is 12.8 Å². The molecular weight excluding hydrogens is 252 g/mol. The maximum Gasteiger partial charge on any atom is 0.271 e. The zero-order valence-corrected chi connectivity index (χ0v) is 10.4. The minimum atomic E-state index is -0.527. The first-order valence-corrected chi connectivity index (χ1v) is 5.86. The molecule has 1 atom stereocenters. The Morgan fingerprint density at radius 1 is 1.58 bits per heavy atom. The van der Waals surface area contributed by atoms with E-state index >= 15 is 0 Å². The molecule has 0 spiro atoms. The fraction of sp³-hybridized carbons (Fsp3) is 0.417. The van der Waals surface area contributed by atoms with Crippen molar-refractivity contribution in [3.05, 3.63) is 28.3 Å². The molecule has 7 nitrogen and oxygen atoms in total. The van der Waals surface area contributed by atoms with Gasteiger partial charge in [0.05, 0.1) is 17.7 Å². The smallest absolute Gasteiger partial charge is 0.271 e. The summed E-state index contributed by atoms with van der Waals surface area (Å²) >= 11 is 0. The number of benzene rings is 1. The lowest BCUT2D eigenvalue weighted by molar-refractivity contribution is -0.384. The molecule has 0 radical (unpaired) electrons. The molecule has 1 heterocycles. The highest BCUT2D eigenvalue weighted by molar-refractivity contribution is 5.96. The number of carbonyl (C=O) groups is 1. The number of anilines is 1. The largest absolute Gasteiger partial charge is 0.495 e. The van der Waals surface area contributed by atoms with Crippen LogP contribution in [-0.2, 0) is 9.53 Å². The predicted octanol–water partition coefficient (Wildman–Crippen LogP) is 1.72. The number of nitrogens with zero attached hydrogens (tertiary/aromatic N) is 1. The van der Waals surface area contributed by atoms with Crippen molar-refractivity contribution in [3.8, 4) is 5.75 Å². The topological polar surface area (TPSA) is 90.7 Å². The van der Waals surface area contributed by atoms with Crippen LogP contribution in [0.15, 0.2) is 18.2 Å². The van der Waals surface area contributed by atoms with Gasteiger partial charge in [-0.3, -0.25) is 14.9 Å². The molecule has 0 aliphatic carbocycles. The number of nitrogens with one attached hydrogen (secondary N) is 1. The van der Waals surface area contributed by atoms with E-state index in [-0.39, 0.29) is 17.3 Å². The van der Waals surface area contributed by atoms with Gasteiger partial charge in [-0.25, -0.2) is 0 Å². The van der Waals surface area contributed by atoms with Crippen LogP contribution in [0.4, 0.5) is 11.4 Å². The van der Waals surface area contributed by atoms with Gasteiger partial charge in [-0.05, 0) is 18.9 Å². The van der Waals surface area contributed by atoms with Crippen LogP contribution in [0.5, 0.6) is 5.75 Å². The Balaban J connectivity index is 2.19. The third-order valence-electron chi connectivity index (χ3n) is 2.87. The van der Waals surface area contributed by atoms with Gasteiger partial charge in [0, 0.05) is 18.7 Å². The maximum absolute atomic E-state index is 11.9. The van der Waals surface area contributed by atoms with Crippen molar-refractivity contribution in [2.45, 2.75) is 18.9 Å². The Morgan fingerprint density at radius 2 is 2.37 bits per heavy atom. The predicted molar refractivity (Wildman–Crippen MR) is 67.3 cm³/mol. The first kappa shape index (κ1) is 13.3. The van der Waals surface area contributed by atoms with Crippen LogP contribution in [-0.4, -0.2) is 30.7 Å². The second-order valence-corrected chi connectivity index (χ2v) is 4.13. The summed E-state index contributed by atoms with van der Waals surface area (Å²) in [7, 11) is 1.43. The van der Waals surface area contributed by atoms with Crippen molar-refractivity contribution in [1.29, 1.82) is 0 Å². The van der Waals surface area contributed by atoms with E-state index in [4.69, 9.17) is 9.47 Å². The number of ether oxygens (including phenoxy) is 2. The van der Waals surface area contributed by atoms with Crippen molar-refractivity contribution in [3.63, 3.8) is 0 Å². The highest BCUT2D eigenvalue weighted by Crippen LogP contribution is 2.29. The van der Waals surface area contributed by atoms with E-state index in [0.29, 0.717) is 18.8 Å². The van der Waals surface area contributed by atoms with Crippen molar-refractivity contribution >= 4 is 17.3 Å². The van der Waals surface area contributed by atoms with Crippen molar-refractivity contribution < 1.29 is 19.2 Å². The van der Waals surface area contributed by atoms with Crippen LogP contribution in [0.2, 0.25) is 0 Å². The number of methoxy groups -OCH3 is 1. The van der Waals surface area contributed by atoms with Crippen molar-refractivity contribution in [2.75, 3.05) is 19.0 Å². The van der Waals surface area contributed by atoms with Crippen molar-refractivity contribution in [2.24, 2.45) is 0 Å². The minimum Gasteiger partial charge on any atom is -0.495 e. The van der Waals surface area contributed by atoms with Gasteiger partial charge in [-0.15, -0.1) is 0 Å². The number of carbonyl (C=O) groups excluding carboxylic acids is 1. The summed E-state index contributed by atoms with van der Waals surface area (Å²) in [5.41, 5.74) is 0.167. The van der Waals surface area contributed by atoms with E-state index in [0.717, 1.165) is 6.42 Å². The van der Waals surface area contributed by atoms with E-state index in [1.54, 1.807) is 0 Å². The molecule has 0 unspecified atom stereocenters. The summed E-state index contributed by atoms with van der Waals surface area (Å²) in [6.07, 6.45) is 0.997. The first-order chi connectivity index (χ1) is 9.11. The summed E-state index contributed by atoms with van der Waals surface area (Å²) in [6, 6.07) is 4.04. The van der Waals surface area contributed by atoms with Crippen LogP contribution in [0, 0.1) is 10.1 Å². The van der Waals surface area contributed by atoms with Crippen LogP contribution < -0.4 is 10.1 Å². The summed E-state index contributed by atoms with van der Waals surface area (Å²) in [5.74, 6) is 0.0632. The zero-order chi connectivity index (χ0) is 13.8. The number of nitro benzene ring substituents is 1. The fourth-order valence-corrected chi connectivity index (χ4v) is 1.90. The molecule has 1 amide bonds. The summed E-state index contributed by atoms with van der Waals surface area (Å²) in [5, 5.41) is 13.3. The molecular formula is C12H14N2O5. The Hall–Kier alpha value is -2.15. The Labute approximate surface area is 109 Å². The second-order valence-electron chi connectivity index (χ2n) is 4.13. The lowest BCUT2D eigenvalue weighted by Crippen LogP contribution is -2.27. The lowest BCUT2D eigenvalue weighted by Gasteiger charge is -2.13. The molecule has 0 bridgehead atoms. The Kier molecular flexibility index (Phi) is 3.96. The van der Waals surface area contributed by atoms with Gasteiger partial charge in [0.15, 0.2) is 0 Å². The molecule has 102 valence electrons. The van der Waals surface area contributed by atoms with E-state index in [2.05, 4.69) is 5.32 Å². The zero-order valence-electron chi connectivity index (χ0n) is 10.4. The maximum atomic E-state index is 11.9. The molecule has 1 N–H and O–H groups in total.